The predicted octanol–water partition coefficient (Wildman–Crippen LogP) is 3.48. The molecule has 0 saturated carbocycles. The molecule has 3 saturated heterocycles. The van der Waals surface area contributed by atoms with Crippen LogP contribution < -0.4 is 15.8 Å². The highest BCUT2D eigenvalue weighted by atomic mass is 16.5. The van der Waals surface area contributed by atoms with Crippen LogP contribution in [0.2, 0.25) is 0 Å². The Labute approximate surface area is 217 Å². The third-order valence-electron chi connectivity index (χ3n) is 7.67. The molecule has 3 fully saturated rings. The molecule has 3 unspecified atom stereocenters. The topological polar surface area (TPSA) is 100 Å². The fraction of sp³-hybridized carbons (Fsp3) is 0.448. The van der Waals surface area contributed by atoms with Crippen molar-refractivity contribution in [3.05, 3.63) is 75.5 Å². The summed E-state index contributed by atoms with van der Waals surface area (Å²) in [6.07, 6.45) is 9.55. The van der Waals surface area contributed by atoms with Gasteiger partial charge in [-0.25, -0.2) is 0 Å². The van der Waals surface area contributed by atoms with Crippen molar-refractivity contribution in [3.63, 3.8) is 0 Å². The number of aryl methyl sites for hydroxylation is 1. The van der Waals surface area contributed by atoms with Crippen molar-refractivity contribution in [2.24, 2.45) is 7.05 Å². The lowest BCUT2D eigenvalue weighted by Gasteiger charge is -2.47. The fourth-order valence-electron chi connectivity index (χ4n) is 5.33. The van der Waals surface area contributed by atoms with E-state index in [1.165, 1.54) is 0 Å². The molecule has 2 aromatic heterocycles. The van der Waals surface area contributed by atoms with Gasteiger partial charge in [-0.05, 0) is 69.0 Å². The summed E-state index contributed by atoms with van der Waals surface area (Å²) < 4.78 is 7.41. The van der Waals surface area contributed by atoms with Gasteiger partial charge in [0.05, 0.1) is 34.9 Å². The third kappa shape index (κ3) is 4.72. The maximum absolute atomic E-state index is 13.3. The molecular formula is C29H33N5O3. The van der Waals surface area contributed by atoms with Crippen molar-refractivity contribution in [3.8, 4) is 6.07 Å². The summed E-state index contributed by atoms with van der Waals surface area (Å²) in [5.74, 6) is -0.225. The van der Waals surface area contributed by atoms with Gasteiger partial charge in [-0.15, -0.1) is 0 Å². The second-order valence-electron chi connectivity index (χ2n) is 11.3. The van der Waals surface area contributed by atoms with Gasteiger partial charge in [-0.1, -0.05) is 12.2 Å². The van der Waals surface area contributed by atoms with Crippen LogP contribution in [0.5, 0.6) is 0 Å². The minimum atomic E-state index is -0.792. The molecule has 192 valence electrons. The van der Waals surface area contributed by atoms with Crippen LogP contribution in [0.3, 0.4) is 0 Å². The molecule has 37 heavy (non-hydrogen) atoms. The van der Waals surface area contributed by atoms with Crippen LogP contribution in [0.1, 0.15) is 62.2 Å². The summed E-state index contributed by atoms with van der Waals surface area (Å²) in [5, 5.41) is 12.6. The van der Waals surface area contributed by atoms with Crippen LogP contribution in [0.4, 0.5) is 5.69 Å². The molecule has 3 aliphatic heterocycles. The fourth-order valence-corrected chi connectivity index (χ4v) is 5.33. The first kappa shape index (κ1) is 25.0. The molecule has 1 aliphatic carbocycles. The van der Waals surface area contributed by atoms with E-state index in [2.05, 4.69) is 28.2 Å². The number of nitrogens with one attached hydrogen (secondary N) is 1. The summed E-state index contributed by atoms with van der Waals surface area (Å²) in [7, 11) is 1.79. The molecular weight excluding hydrogens is 466 g/mol. The number of hydrogen-bond donors (Lipinski definition) is 1. The number of anilines is 1. The number of ether oxygens (including phenoxy) is 1. The number of allylic oxidation sites excluding steroid dienone is 2. The molecule has 0 aromatic carbocycles. The molecule has 1 N–H and O–H groups in total. The molecule has 2 bridgehead atoms. The van der Waals surface area contributed by atoms with E-state index in [1.54, 1.807) is 43.8 Å². The van der Waals surface area contributed by atoms with Gasteiger partial charge in [0.1, 0.15) is 5.69 Å². The van der Waals surface area contributed by atoms with Gasteiger partial charge in [0, 0.05) is 44.5 Å². The Morgan fingerprint density at radius 2 is 2.00 bits per heavy atom. The number of piperidine rings is 1. The maximum atomic E-state index is 13.3. The Bertz CT molecular complexity index is 1410. The Balaban J connectivity index is 1.40. The smallest absolute Gasteiger partial charge is 0.273 e. The van der Waals surface area contributed by atoms with Crippen LogP contribution in [0, 0.1) is 11.3 Å². The SMILES string of the molecule is CC1=C(c2cc(N3CC4CC(C3)O4)c(=O)n(C)c2)CC(C)(NC(=O)c2ccnc(C(C)(C)C#N)c2)C=C1. The summed E-state index contributed by atoms with van der Waals surface area (Å²) in [6, 6.07) is 7.58. The predicted molar refractivity (Wildman–Crippen MR) is 142 cm³/mol. The van der Waals surface area contributed by atoms with E-state index in [4.69, 9.17) is 4.74 Å². The minimum Gasteiger partial charge on any atom is -0.371 e. The number of morpholine rings is 1. The number of nitriles is 1. The molecule has 8 heteroatoms. The first-order valence-corrected chi connectivity index (χ1v) is 12.7. The number of carbonyl (C=O) groups is 1. The normalized spacial score (nSPS) is 24.9. The van der Waals surface area contributed by atoms with E-state index in [0.717, 1.165) is 36.2 Å². The zero-order valence-corrected chi connectivity index (χ0v) is 22.0. The number of hydrogen-bond acceptors (Lipinski definition) is 6. The highest BCUT2D eigenvalue weighted by molar-refractivity contribution is 5.95. The standard InChI is InChI=1S/C29H33N5O3/c1-18-6-8-29(4,32-26(35)19-7-9-31-25(11-19)28(2,3)17-30)13-23(18)20-10-24(27(36)33(5)14-20)34-15-21-12-22(16-34)37-21/h6-11,14,21-22H,12-13,15-16H2,1-5H3,(H,32,35). The lowest BCUT2D eigenvalue weighted by molar-refractivity contribution is -0.133. The average Bonchev–Trinajstić information content (AvgIpc) is 2.87. The number of rotatable bonds is 5. The lowest BCUT2D eigenvalue weighted by atomic mass is 9.82. The Kier molecular flexibility index (Phi) is 6.07. The van der Waals surface area contributed by atoms with E-state index in [0.29, 0.717) is 23.4 Å². The van der Waals surface area contributed by atoms with Crippen LogP contribution in [-0.2, 0) is 17.2 Å². The van der Waals surface area contributed by atoms with E-state index >= 15 is 0 Å². The van der Waals surface area contributed by atoms with Gasteiger partial charge < -0.3 is 19.5 Å². The van der Waals surface area contributed by atoms with Gasteiger partial charge >= 0.3 is 0 Å². The zero-order valence-electron chi connectivity index (χ0n) is 22.0. The van der Waals surface area contributed by atoms with Crippen molar-refractivity contribution >= 4 is 17.2 Å². The van der Waals surface area contributed by atoms with E-state index in [-0.39, 0.29) is 23.7 Å². The highest BCUT2D eigenvalue weighted by Gasteiger charge is 2.39. The number of fused-ring (bicyclic) bond motifs is 2. The third-order valence-corrected chi connectivity index (χ3v) is 7.67. The molecule has 6 rings (SSSR count). The van der Waals surface area contributed by atoms with Crippen molar-refractivity contribution in [1.29, 1.82) is 5.26 Å². The average molecular weight is 500 g/mol. The largest absolute Gasteiger partial charge is 0.371 e. The number of pyridine rings is 2. The first-order chi connectivity index (χ1) is 17.5. The summed E-state index contributed by atoms with van der Waals surface area (Å²) in [4.78, 5) is 32.7. The quantitative estimate of drug-likeness (QED) is 0.676. The van der Waals surface area contributed by atoms with Gasteiger partial charge in [-0.3, -0.25) is 14.6 Å². The van der Waals surface area contributed by atoms with Crippen LogP contribution in [-0.4, -0.2) is 46.3 Å². The maximum Gasteiger partial charge on any atom is 0.273 e. The monoisotopic (exact) mass is 499 g/mol. The summed E-state index contributed by atoms with van der Waals surface area (Å²) in [5.41, 5.74) is 3.44. The summed E-state index contributed by atoms with van der Waals surface area (Å²) >= 11 is 0. The Morgan fingerprint density at radius 1 is 1.30 bits per heavy atom. The highest BCUT2D eigenvalue weighted by Crippen LogP contribution is 2.36. The molecule has 3 atom stereocenters. The van der Waals surface area contributed by atoms with Gasteiger partial charge in [0.15, 0.2) is 0 Å². The minimum absolute atomic E-state index is 0.0143. The second kappa shape index (κ2) is 9.00. The molecule has 8 nitrogen and oxygen atoms in total. The second-order valence-corrected chi connectivity index (χ2v) is 11.3. The Morgan fingerprint density at radius 3 is 2.68 bits per heavy atom. The van der Waals surface area contributed by atoms with Crippen molar-refractivity contribution in [1.82, 2.24) is 14.9 Å². The molecule has 4 aliphatic rings. The number of carbonyl (C=O) groups excluding carboxylic acids is 1. The lowest BCUT2D eigenvalue weighted by Crippen LogP contribution is -2.58. The Hall–Kier alpha value is -3.70. The van der Waals surface area contributed by atoms with Crippen molar-refractivity contribution in [2.75, 3.05) is 18.0 Å². The van der Waals surface area contributed by atoms with E-state index in [9.17, 15) is 14.9 Å². The molecule has 0 radical (unpaired) electrons. The van der Waals surface area contributed by atoms with Gasteiger partial charge in [0.2, 0.25) is 0 Å². The molecule has 2 aromatic rings. The van der Waals surface area contributed by atoms with Crippen LogP contribution in [0.25, 0.3) is 5.57 Å². The molecule has 0 spiro atoms. The van der Waals surface area contributed by atoms with E-state index < -0.39 is 11.0 Å². The van der Waals surface area contributed by atoms with Crippen molar-refractivity contribution in [2.45, 2.75) is 63.7 Å². The van der Waals surface area contributed by atoms with Crippen LogP contribution >= 0.6 is 0 Å². The number of amides is 1. The zero-order chi connectivity index (χ0) is 26.5. The number of nitrogens with zero attached hydrogens (tertiary/aromatic N) is 4. The number of aromatic nitrogens is 2. The van der Waals surface area contributed by atoms with Gasteiger partial charge in [0.25, 0.3) is 11.5 Å². The van der Waals surface area contributed by atoms with Crippen molar-refractivity contribution < 1.29 is 9.53 Å². The van der Waals surface area contributed by atoms with Gasteiger partial charge in [-0.2, -0.15) is 5.26 Å². The molecule has 1 amide bonds. The first-order valence-electron chi connectivity index (χ1n) is 12.7. The van der Waals surface area contributed by atoms with E-state index in [1.807, 2.05) is 31.3 Å². The molecule has 5 heterocycles. The van der Waals surface area contributed by atoms with Crippen LogP contribution in [0.15, 0.2) is 53.1 Å². The summed E-state index contributed by atoms with van der Waals surface area (Å²) in [6.45, 7) is 9.08.